The topological polar surface area (TPSA) is 45.2 Å². The van der Waals surface area contributed by atoms with Crippen LogP contribution in [-0.2, 0) is 14.3 Å². The monoisotopic (exact) mass is 393 g/mol. The van der Waals surface area contributed by atoms with E-state index in [-0.39, 0.29) is 10.8 Å². The number of methoxy groups -OCH3 is 1. The van der Waals surface area contributed by atoms with Crippen LogP contribution in [0.15, 0.2) is 0 Å². The minimum Gasteiger partial charge on any atom is -0.383 e. The van der Waals surface area contributed by atoms with Crippen molar-refractivity contribution in [2.24, 2.45) is 16.7 Å². The number of piperidine rings is 1. The largest absolute Gasteiger partial charge is 0.383 e. The van der Waals surface area contributed by atoms with Crippen LogP contribution in [0.2, 0.25) is 0 Å². The Balaban J connectivity index is 1.45. The van der Waals surface area contributed by atoms with E-state index in [1.165, 1.54) is 32.2 Å². The number of amides is 1. The molecule has 4 aliphatic rings. The SMILES string of the molecule is CCN1CCC2(CN(CCOC)CC23CCN(CC2CCOCC2)CC3)C1=O. The summed E-state index contributed by atoms with van der Waals surface area (Å²) in [6.07, 6.45) is 5.80. The first kappa shape index (κ1) is 20.6. The number of hydrogen-bond donors (Lipinski definition) is 0. The van der Waals surface area contributed by atoms with Gasteiger partial charge in [-0.15, -0.1) is 0 Å². The quantitative estimate of drug-likeness (QED) is 0.687. The molecule has 1 amide bonds. The number of rotatable bonds is 6. The van der Waals surface area contributed by atoms with Crippen molar-refractivity contribution in [3.63, 3.8) is 0 Å². The number of nitrogens with zero attached hydrogens (tertiary/aromatic N) is 3. The third-order valence-corrected chi connectivity index (χ3v) is 8.20. The van der Waals surface area contributed by atoms with E-state index >= 15 is 0 Å². The van der Waals surface area contributed by atoms with Crippen LogP contribution in [0.25, 0.3) is 0 Å². The fraction of sp³-hybridized carbons (Fsp3) is 0.955. The summed E-state index contributed by atoms with van der Waals surface area (Å²) >= 11 is 0. The molecule has 4 saturated heterocycles. The molecule has 0 aliphatic carbocycles. The second kappa shape index (κ2) is 8.58. The molecule has 0 saturated carbocycles. The van der Waals surface area contributed by atoms with E-state index in [9.17, 15) is 4.79 Å². The van der Waals surface area contributed by atoms with Gasteiger partial charge in [0.1, 0.15) is 0 Å². The highest BCUT2D eigenvalue weighted by molar-refractivity contribution is 5.86. The molecule has 1 unspecified atom stereocenters. The highest BCUT2D eigenvalue weighted by Gasteiger charge is 2.64. The maximum absolute atomic E-state index is 13.5. The Hall–Kier alpha value is -0.690. The smallest absolute Gasteiger partial charge is 0.230 e. The second-order valence-corrected chi connectivity index (χ2v) is 9.56. The first-order chi connectivity index (χ1) is 13.6. The van der Waals surface area contributed by atoms with Gasteiger partial charge in [-0.2, -0.15) is 0 Å². The molecule has 4 fully saturated rings. The van der Waals surface area contributed by atoms with Crippen molar-refractivity contribution >= 4 is 5.91 Å². The lowest BCUT2D eigenvalue weighted by atomic mass is 9.60. The van der Waals surface area contributed by atoms with Gasteiger partial charge < -0.3 is 19.3 Å². The fourth-order valence-corrected chi connectivity index (χ4v) is 6.43. The van der Waals surface area contributed by atoms with E-state index in [4.69, 9.17) is 9.47 Å². The van der Waals surface area contributed by atoms with Gasteiger partial charge in [0, 0.05) is 65.0 Å². The van der Waals surface area contributed by atoms with Gasteiger partial charge in [-0.25, -0.2) is 0 Å². The number of hydrogen-bond acceptors (Lipinski definition) is 5. The molecule has 6 heteroatoms. The molecule has 28 heavy (non-hydrogen) atoms. The Labute approximate surface area is 170 Å². The highest BCUT2D eigenvalue weighted by Crippen LogP contribution is 2.57. The predicted octanol–water partition coefficient (Wildman–Crippen LogP) is 1.70. The van der Waals surface area contributed by atoms with Crippen molar-refractivity contribution in [3.8, 4) is 0 Å². The lowest BCUT2D eigenvalue weighted by Crippen LogP contribution is -2.53. The van der Waals surface area contributed by atoms with E-state index in [1.807, 2.05) is 0 Å². The number of carbonyl (C=O) groups excluding carboxylic acids is 1. The lowest BCUT2D eigenvalue weighted by molar-refractivity contribution is -0.142. The minimum absolute atomic E-state index is 0.151. The van der Waals surface area contributed by atoms with Crippen molar-refractivity contribution in [1.82, 2.24) is 14.7 Å². The molecule has 0 aromatic heterocycles. The molecular weight excluding hydrogens is 354 g/mol. The third-order valence-electron chi connectivity index (χ3n) is 8.20. The van der Waals surface area contributed by atoms with Gasteiger partial charge in [-0.3, -0.25) is 9.69 Å². The number of fused-ring (bicyclic) bond motifs is 1. The standard InChI is InChI=1S/C22H39N3O3/c1-3-25-11-8-22(20(25)26)18-24(12-15-27-2)17-21(22)6-9-23(10-7-21)16-19-4-13-28-14-5-19/h19H,3-18H2,1-2H3. The second-order valence-electron chi connectivity index (χ2n) is 9.56. The Morgan fingerprint density at radius 3 is 2.46 bits per heavy atom. The van der Waals surface area contributed by atoms with Crippen molar-refractivity contribution in [3.05, 3.63) is 0 Å². The summed E-state index contributed by atoms with van der Waals surface area (Å²) in [6, 6.07) is 0. The summed E-state index contributed by atoms with van der Waals surface area (Å²) in [4.78, 5) is 20.8. The lowest BCUT2D eigenvalue weighted by Gasteiger charge is -2.47. The van der Waals surface area contributed by atoms with Crippen LogP contribution in [0.1, 0.15) is 39.0 Å². The zero-order valence-electron chi connectivity index (χ0n) is 18.0. The van der Waals surface area contributed by atoms with E-state index < -0.39 is 0 Å². The van der Waals surface area contributed by atoms with Crippen LogP contribution in [0.4, 0.5) is 0 Å². The molecule has 1 atom stereocenters. The Morgan fingerprint density at radius 1 is 1.07 bits per heavy atom. The fourth-order valence-electron chi connectivity index (χ4n) is 6.43. The number of carbonyl (C=O) groups is 1. The molecule has 6 nitrogen and oxygen atoms in total. The van der Waals surface area contributed by atoms with Crippen molar-refractivity contribution in [2.75, 3.05) is 79.3 Å². The molecule has 0 bridgehead atoms. The van der Waals surface area contributed by atoms with Gasteiger partial charge in [-0.05, 0) is 58.0 Å². The minimum atomic E-state index is -0.151. The third kappa shape index (κ3) is 3.62. The van der Waals surface area contributed by atoms with E-state index in [0.717, 1.165) is 78.0 Å². The Bertz CT molecular complexity index is 543. The van der Waals surface area contributed by atoms with Crippen LogP contribution in [-0.4, -0.2) is 99.9 Å². The van der Waals surface area contributed by atoms with E-state index in [1.54, 1.807) is 7.11 Å². The Kier molecular flexibility index (Phi) is 6.31. The normalized spacial score (nSPS) is 32.2. The van der Waals surface area contributed by atoms with Crippen molar-refractivity contribution in [1.29, 1.82) is 0 Å². The summed E-state index contributed by atoms with van der Waals surface area (Å²) in [5.41, 5.74) is 0.00937. The van der Waals surface area contributed by atoms with E-state index in [0.29, 0.717) is 5.91 Å². The average molecular weight is 394 g/mol. The molecule has 0 aromatic rings. The van der Waals surface area contributed by atoms with Crippen LogP contribution in [0.3, 0.4) is 0 Å². The van der Waals surface area contributed by atoms with Gasteiger partial charge in [0.15, 0.2) is 0 Å². The molecule has 0 radical (unpaired) electrons. The average Bonchev–Trinajstić information content (AvgIpc) is 3.21. The van der Waals surface area contributed by atoms with Gasteiger partial charge in [0.05, 0.1) is 12.0 Å². The first-order valence-electron chi connectivity index (χ1n) is 11.4. The molecule has 4 rings (SSSR count). The summed E-state index contributed by atoms with van der Waals surface area (Å²) in [5, 5.41) is 0. The van der Waals surface area contributed by atoms with E-state index in [2.05, 4.69) is 21.6 Å². The first-order valence-corrected chi connectivity index (χ1v) is 11.4. The molecule has 0 N–H and O–H groups in total. The highest BCUT2D eigenvalue weighted by atomic mass is 16.5. The number of ether oxygens (including phenoxy) is 2. The van der Waals surface area contributed by atoms with Crippen LogP contribution < -0.4 is 0 Å². The van der Waals surface area contributed by atoms with Crippen molar-refractivity contribution < 1.29 is 14.3 Å². The molecule has 0 aromatic carbocycles. The van der Waals surface area contributed by atoms with Crippen LogP contribution in [0.5, 0.6) is 0 Å². The number of likely N-dealkylation sites (tertiary alicyclic amines) is 3. The van der Waals surface area contributed by atoms with Gasteiger partial charge in [0.25, 0.3) is 0 Å². The molecule has 4 heterocycles. The molecule has 160 valence electrons. The molecule has 2 spiro atoms. The maximum atomic E-state index is 13.5. The van der Waals surface area contributed by atoms with Gasteiger partial charge >= 0.3 is 0 Å². The predicted molar refractivity (Wildman–Crippen MR) is 109 cm³/mol. The van der Waals surface area contributed by atoms with Crippen LogP contribution >= 0.6 is 0 Å². The summed E-state index contributed by atoms with van der Waals surface area (Å²) in [7, 11) is 1.77. The summed E-state index contributed by atoms with van der Waals surface area (Å²) in [5.74, 6) is 1.23. The molecule has 4 aliphatic heterocycles. The summed E-state index contributed by atoms with van der Waals surface area (Å²) < 4.78 is 10.9. The van der Waals surface area contributed by atoms with Crippen LogP contribution in [0, 0.1) is 16.7 Å². The summed E-state index contributed by atoms with van der Waals surface area (Å²) in [6.45, 7) is 13.0. The van der Waals surface area contributed by atoms with Gasteiger partial charge in [0.2, 0.25) is 5.91 Å². The Morgan fingerprint density at radius 2 is 1.82 bits per heavy atom. The zero-order valence-corrected chi connectivity index (χ0v) is 18.0. The van der Waals surface area contributed by atoms with Crippen molar-refractivity contribution in [2.45, 2.75) is 39.0 Å². The maximum Gasteiger partial charge on any atom is 0.230 e. The zero-order chi connectivity index (χ0) is 19.6. The molecular formula is C22H39N3O3. The van der Waals surface area contributed by atoms with Gasteiger partial charge in [-0.1, -0.05) is 0 Å².